The average molecular weight is 903 g/mol. The summed E-state index contributed by atoms with van der Waals surface area (Å²) in [5.41, 5.74) is 13.8. The number of nitrogens with zero attached hydrogens (tertiary/aromatic N) is 2. The Morgan fingerprint density at radius 2 is 0.662 bits per heavy atom. The van der Waals surface area contributed by atoms with Crippen LogP contribution in [0.4, 0.5) is 34.1 Å². The first-order valence-corrected chi connectivity index (χ1v) is 24.7. The van der Waals surface area contributed by atoms with Crippen molar-refractivity contribution in [3.63, 3.8) is 0 Å². The van der Waals surface area contributed by atoms with Gasteiger partial charge in [-0.25, -0.2) is 0 Å². The minimum Gasteiger partial charge on any atom is -0.309 e. The molecular formula is C64H42N2S2. The molecule has 0 fully saturated rings. The highest BCUT2D eigenvalue weighted by Gasteiger charge is 2.25. The van der Waals surface area contributed by atoms with Gasteiger partial charge < -0.3 is 9.80 Å². The van der Waals surface area contributed by atoms with Crippen molar-refractivity contribution in [2.24, 2.45) is 0 Å². The van der Waals surface area contributed by atoms with Gasteiger partial charge in [0, 0.05) is 53.1 Å². The predicted molar refractivity (Wildman–Crippen MR) is 295 cm³/mol. The van der Waals surface area contributed by atoms with Crippen molar-refractivity contribution in [2.45, 2.75) is 0 Å². The van der Waals surface area contributed by atoms with Crippen LogP contribution < -0.4 is 9.80 Å². The Morgan fingerprint density at radius 1 is 0.235 bits per heavy atom. The van der Waals surface area contributed by atoms with Gasteiger partial charge >= 0.3 is 0 Å². The van der Waals surface area contributed by atoms with E-state index < -0.39 is 0 Å². The first-order valence-electron chi connectivity index (χ1n) is 23.1. The maximum absolute atomic E-state index is 2.54. The first-order chi connectivity index (χ1) is 33.8. The summed E-state index contributed by atoms with van der Waals surface area (Å²) >= 11 is 3.75. The molecule has 0 bridgehead atoms. The minimum absolute atomic E-state index is 1.07. The molecule has 0 atom stereocenters. The van der Waals surface area contributed by atoms with Crippen LogP contribution in [0.5, 0.6) is 0 Å². The number of hydrogen-bond donors (Lipinski definition) is 0. The zero-order chi connectivity index (χ0) is 45.0. The van der Waals surface area contributed by atoms with Crippen LogP contribution in [0.2, 0.25) is 0 Å². The Bertz CT molecular complexity index is 3890. The lowest BCUT2D eigenvalue weighted by Crippen LogP contribution is -2.13. The minimum atomic E-state index is 1.07. The first kappa shape index (κ1) is 40.0. The fraction of sp³-hybridized carbons (Fsp3) is 0. The molecule has 0 amide bonds. The smallest absolute Gasteiger partial charge is 0.0641 e. The van der Waals surface area contributed by atoms with Gasteiger partial charge in [-0.3, -0.25) is 0 Å². The van der Waals surface area contributed by atoms with Crippen molar-refractivity contribution in [3.05, 3.63) is 255 Å². The Kier molecular flexibility index (Phi) is 9.93. The molecule has 0 N–H and O–H groups in total. The van der Waals surface area contributed by atoms with E-state index in [1.807, 2.05) is 22.7 Å². The van der Waals surface area contributed by atoms with E-state index in [1.165, 1.54) is 79.2 Å². The van der Waals surface area contributed by atoms with E-state index in [-0.39, 0.29) is 0 Å². The lowest BCUT2D eigenvalue weighted by Gasteiger charge is -2.31. The lowest BCUT2D eigenvalue weighted by atomic mass is 9.95. The molecule has 0 spiro atoms. The molecule has 0 aliphatic heterocycles. The summed E-state index contributed by atoms with van der Waals surface area (Å²) in [5.74, 6) is 0. The molecule has 2 heterocycles. The average Bonchev–Trinajstić information content (AvgIpc) is 3.99. The van der Waals surface area contributed by atoms with Gasteiger partial charge in [0.1, 0.15) is 0 Å². The summed E-state index contributed by atoms with van der Waals surface area (Å²) in [6.45, 7) is 0. The molecule has 0 unspecified atom stereocenters. The van der Waals surface area contributed by atoms with Crippen LogP contribution in [-0.4, -0.2) is 0 Å². The molecule has 0 saturated heterocycles. The van der Waals surface area contributed by atoms with E-state index >= 15 is 0 Å². The topological polar surface area (TPSA) is 6.48 Å². The second-order valence-corrected chi connectivity index (χ2v) is 19.3. The highest BCUT2D eigenvalue weighted by Crippen LogP contribution is 2.52. The number of thiophene rings is 2. The SMILES string of the molecule is c1ccc(-c2ccccc2N(c2cccc(-c3ccccc3N(c3cccc4c3sc3ccccc34)c3cccc4c3sc3ccccc34)c2)c2ccc(-c3ccccc3)c3ccccc23)cc1. The molecule has 0 radical (unpaired) electrons. The largest absolute Gasteiger partial charge is 0.309 e. The van der Waals surface area contributed by atoms with E-state index in [2.05, 4.69) is 265 Å². The molecular weight excluding hydrogens is 861 g/mol. The third kappa shape index (κ3) is 6.76. The van der Waals surface area contributed by atoms with Crippen LogP contribution in [0.1, 0.15) is 0 Å². The van der Waals surface area contributed by atoms with Crippen molar-refractivity contribution in [1.82, 2.24) is 0 Å². The summed E-state index contributed by atoms with van der Waals surface area (Å²) in [5, 5.41) is 7.51. The molecule has 11 aromatic carbocycles. The second-order valence-electron chi connectivity index (χ2n) is 17.2. The highest BCUT2D eigenvalue weighted by molar-refractivity contribution is 7.27. The van der Waals surface area contributed by atoms with Gasteiger partial charge in [0.25, 0.3) is 0 Å². The fourth-order valence-electron chi connectivity index (χ4n) is 10.2. The second kappa shape index (κ2) is 16.9. The Hall–Kier alpha value is -8.28. The number of anilines is 6. The van der Waals surface area contributed by atoms with Gasteiger partial charge in [-0.1, -0.05) is 200 Å². The van der Waals surface area contributed by atoms with Crippen LogP contribution in [0, 0.1) is 0 Å². The lowest BCUT2D eigenvalue weighted by molar-refractivity contribution is 1.29. The van der Waals surface area contributed by atoms with Crippen LogP contribution in [0.15, 0.2) is 255 Å². The zero-order valence-corrected chi connectivity index (χ0v) is 38.6. The Balaban J connectivity index is 1.05. The summed E-state index contributed by atoms with van der Waals surface area (Å²) < 4.78 is 5.11. The Morgan fingerprint density at radius 3 is 1.28 bits per heavy atom. The molecule has 2 aromatic heterocycles. The van der Waals surface area contributed by atoms with Gasteiger partial charge in [0.15, 0.2) is 0 Å². The standard InChI is InChI=1S/C64H42N2S2/c1-3-20-43(21-4-1)47-40-41-58(51-29-8-7-28-50(47)51)65(56-34-13-9-26-48(56)44-22-5-2-6-23-44)46-25-17-24-45(42-46)49-27-10-14-35-57(49)66(59-36-18-32-54-52-30-11-15-38-61(52)67-63(54)59)60-37-19-33-55-53-31-12-16-39-62(53)68-64(55)60/h1-42H. The molecule has 68 heavy (non-hydrogen) atoms. The summed E-state index contributed by atoms with van der Waals surface area (Å²) in [6, 6.07) is 93.2. The van der Waals surface area contributed by atoms with Crippen molar-refractivity contribution >= 4 is 108 Å². The predicted octanol–water partition coefficient (Wildman–Crippen LogP) is 19.5. The van der Waals surface area contributed by atoms with Gasteiger partial charge in [0.2, 0.25) is 0 Å². The summed E-state index contributed by atoms with van der Waals surface area (Å²) in [7, 11) is 0. The third-order valence-electron chi connectivity index (χ3n) is 13.3. The molecule has 2 nitrogen and oxygen atoms in total. The van der Waals surface area contributed by atoms with Crippen molar-refractivity contribution in [2.75, 3.05) is 9.80 Å². The number of para-hydroxylation sites is 2. The van der Waals surface area contributed by atoms with E-state index in [0.717, 1.165) is 39.4 Å². The Labute approximate surface area is 403 Å². The zero-order valence-electron chi connectivity index (χ0n) is 37.0. The monoisotopic (exact) mass is 902 g/mol. The van der Waals surface area contributed by atoms with E-state index in [4.69, 9.17) is 0 Å². The molecule has 4 heteroatoms. The maximum atomic E-state index is 2.54. The highest BCUT2D eigenvalue weighted by atomic mass is 32.1. The molecule has 13 rings (SSSR count). The number of fused-ring (bicyclic) bond motifs is 7. The molecule has 320 valence electrons. The molecule has 0 aliphatic carbocycles. The van der Waals surface area contributed by atoms with Crippen molar-refractivity contribution < 1.29 is 0 Å². The summed E-state index contributed by atoms with van der Waals surface area (Å²) in [6.07, 6.45) is 0. The van der Waals surface area contributed by atoms with E-state index in [0.29, 0.717) is 0 Å². The van der Waals surface area contributed by atoms with Crippen LogP contribution in [-0.2, 0) is 0 Å². The molecule has 0 saturated carbocycles. The van der Waals surface area contributed by atoms with Crippen LogP contribution >= 0.6 is 22.7 Å². The quantitative estimate of drug-likeness (QED) is 0.142. The summed E-state index contributed by atoms with van der Waals surface area (Å²) in [4.78, 5) is 5.01. The fourth-order valence-corrected chi connectivity index (χ4v) is 12.6. The van der Waals surface area contributed by atoms with Crippen molar-refractivity contribution in [1.29, 1.82) is 0 Å². The van der Waals surface area contributed by atoms with Gasteiger partial charge in [-0.15, -0.1) is 22.7 Å². The van der Waals surface area contributed by atoms with Gasteiger partial charge in [-0.05, 0) is 82.2 Å². The maximum Gasteiger partial charge on any atom is 0.0641 e. The van der Waals surface area contributed by atoms with Gasteiger partial charge in [-0.2, -0.15) is 0 Å². The van der Waals surface area contributed by atoms with Gasteiger partial charge in [0.05, 0.1) is 37.8 Å². The van der Waals surface area contributed by atoms with E-state index in [9.17, 15) is 0 Å². The third-order valence-corrected chi connectivity index (χ3v) is 15.7. The molecule has 0 aliphatic rings. The number of hydrogen-bond acceptors (Lipinski definition) is 4. The number of rotatable bonds is 9. The normalized spacial score (nSPS) is 11.5. The van der Waals surface area contributed by atoms with E-state index in [1.54, 1.807) is 0 Å². The van der Waals surface area contributed by atoms with Crippen LogP contribution in [0.3, 0.4) is 0 Å². The van der Waals surface area contributed by atoms with Crippen LogP contribution in [0.25, 0.3) is 84.5 Å². The molecule has 13 aromatic rings. The number of benzene rings is 11. The van der Waals surface area contributed by atoms with Crippen molar-refractivity contribution in [3.8, 4) is 33.4 Å².